The zero-order valence-corrected chi connectivity index (χ0v) is 26.8. The predicted octanol–water partition coefficient (Wildman–Crippen LogP) is 8.05. The first-order valence-corrected chi connectivity index (χ1v) is 16.5. The third-order valence-corrected chi connectivity index (χ3v) is 9.77. The maximum Gasteiger partial charge on any atom is 0.301 e. The summed E-state index contributed by atoms with van der Waals surface area (Å²) in [5.41, 5.74) is 5.19. The van der Waals surface area contributed by atoms with Crippen LogP contribution in [-0.2, 0) is 28.4 Å². The summed E-state index contributed by atoms with van der Waals surface area (Å²) in [5, 5.41) is 20.3. The van der Waals surface area contributed by atoms with Crippen LogP contribution in [-0.4, -0.2) is 27.0 Å². The number of carbonyl (C=O) groups excluding carboxylic acids is 2. The highest BCUT2D eigenvalue weighted by atomic mass is 32.2. The standard InChI is InChI=1S/C36H30FN3O4S2/c1-3-23-7-11-26(12-8-23)31-30(32(41)27-13-17-29(18-14-27)44-20-25-6-4-5-22(2)19-25)33(42)34(43)40(31)35-38-39-36(46-35)45-21-24-9-15-28(37)16-10-24/h4-19,31,41H,3,20-21H2,1-2H3/b32-30+. The van der Waals surface area contributed by atoms with Crippen molar-refractivity contribution in [1.29, 1.82) is 0 Å². The van der Waals surface area contributed by atoms with Gasteiger partial charge in [-0.15, -0.1) is 10.2 Å². The molecule has 0 bridgehead atoms. The second kappa shape index (κ2) is 13.7. The summed E-state index contributed by atoms with van der Waals surface area (Å²) >= 11 is 2.58. The van der Waals surface area contributed by atoms with E-state index in [0.717, 1.165) is 28.7 Å². The number of anilines is 1. The van der Waals surface area contributed by atoms with E-state index in [1.165, 1.54) is 40.1 Å². The van der Waals surface area contributed by atoms with Crippen LogP contribution in [0.1, 0.15) is 46.3 Å². The molecule has 1 saturated heterocycles. The molecule has 7 nitrogen and oxygen atoms in total. The van der Waals surface area contributed by atoms with Crippen LogP contribution in [0.25, 0.3) is 5.76 Å². The van der Waals surface area contributed by atoms with Crippen molar-refractivity contribution in [3.63, 3.8) is 0 Å². The molecular formula is C36H30FN3O4S2. The molecular weight excluding hydrogens is 622 g/mol. The summed E-state index contributed by atoms with van der Waals surface area (Å²) < 4.78 is 19.8. The first kappa shape index (κ1) is 31.2. The second-order valence-electron chi connectivity index (χ2n) is 10.8. The number of Topliss-reactive ketones (excluding diaryl/α,β-unsaturated/α-hetero) is 1. The van der Waals surface area contributed by atoms with Crippen molar-refractivity contribution in [3.05, 3.63) is 142 Å². The monoisotopic (exact) mass is 651 g/mol. The number of benzene rings is 4. The lowest BCUT2D eigenvalue weighted by molar-refractivity contribution is -0.132. The smallest absolute Gasteiger partial charge is 0.301 e. The number of hydrogen-bond donors (Lipinski definition) is 1. The van der Waals surface area contributed by atoms with Crippen molar-refractivity contribution in [2.75, 3.05) is 4.90 Å². The normalized spacial score (nSPS) is 15.8. The van der Waals surface area contributed by atoms with Crippen LogP contribution in [0.4, 0.5) is 9.52 Å². The predicted molar refractivity (Wildman–Crippen MR) is 178 cm³/mol. The van der Waals surface area contributed by atoms with E-state index in [1.807, 2.05) is 56.3 Å². The summed E-state index contributed by atoms with van der Waals surface area (Å²) in [6, 6.07) is 27.7. The van der Waals surface area contributed by atoms with Crippen molar-refractivity contribution in [2.24, 2.45) is 0 Å². The molecule has 4 aromatic carbocycles. The minimum absolute atomic E-state index is 0.0293. The number of aromatic nitrogens is 2. The number of carbonyl (C=O) groups is 2. The summed E-state index contributed by atoms with van der Waals surface area (Å²) in [7, 11) is 0. The number of thioether (sulfide) groups is 1. The molecule has 232 valence electrons. The molecule has 1 atom stereocenters. The van der Waals surface area contributed by atoms with Crippen molar-refractivity contribution in [2.45, 2.75) is 43.0 Å². The molecule has 1 amide bonds. The quantitative estimate of drug-likeness (QED) is 0.0537. The maximum atomic E-state index is 13.6. The lowest BCUT2D eigenvalue weighted by Gasteiger charge is -2.22. The molecule has 1 unspecified atom stereocenters. The van der Waals surface area contributed by atoms with Crippen LogP contribution < -0.4 is 9.64 Å². The van der Waals surface area contributed by atoms with Crippen molar-refractivity contribution >= 4 is 45.7 Å². The highest BCUT2D eigenvalue weighted by molar-refractivity contribution is 8.00. The molecule has 2 heterocycles. The van der Waals surface area contributed by atoms with Gasteiger partial charge in [0, 0.05) is 11.3 Å². The van der Waals surface area contributed by atoms with E-state index in [2.05, 4.69) is 16.3 Å². The third kappa shape index (κ3) is 6.73. The number of rotatable bonds is 10. The fourth-order valence-corrected chi connectivity index (χ4v) is 7.02. The number of hydrogen-bond acceptors (Lipinski definition) is 8. The number of aliphatic hydroxyl groups excluding tert-OH is 1. The maximum absolute atomic E-state index is 13.6. The second-order valence-corrected chi connectivity index (χ2v) is 13.0. The van der Waals surface area contributed by atoms with E-state index < -0.39 is 17.7 Å². The van der Waals surface area contributed by atoms with E-state index in [0.29, 0.717) is 33.6 Å². The summed E-state index contributed by atoms with van der Waals surface area (Å²) in [4.78, 5) is 28.5. The van der Waals surface area contributed by atoms with Crippen molar-refractivity contribution < 1.29 is 23.8 Å². The molecule has 0 aliphatic carbocycles. The summed E-state index contributed by atoms with van der Waals surface area (Å²) in [6.45, 7) is 4.45. The number of nitrogens with zero attached hydrogens (tertiary/aromatic N) is 3. The van der Waals surface area contributed by atoms with E-state index in [-0.39, 0.29) is 22.3 Å². The van der Waals surface area contributed by atoms with Crippen molar-refractivity contribution in [1.82, 2.24) is 10.2 Å². The Labute approximate surface area is 274 Å². The van der Waals surface area contributed by atoms with Gasteiger partial charge in [-0.05, 0) is 72.0 Å². The van der Waals surface area contributed by atoms with Crippen LogP contribution in [0.15, 0.2) is 107 Å². The van der Waals surface area contributed by atoms with Gasteiger partial charge in [0.1, 0.15) is 23.9 Å². The highest BCUT2D eigenvalue weighted by Gasteiger charge is 2.48. The number of ether oxygens (including phenoxy) is 1. The average Bonchev–Trinajstić information content (AvgIpc) is 3.65. The van der Waals surface area contributed by atoms with Crippen molar-refractivity contribution in [3.8, 4) is 5.75 Å². The van der Waals surface area contributed by atoms with Gasteiger partial charge in [0.15, 0.2) is 4.34 Å². The Bertz CT molecular complexity index is 1910. The van der Waals surface area contributed by atoms with Gasteiger partial charge in [-0.1, -0.05) is 96.2 Å². The fourth-order valence-electron chi connectivity index (χ4n) is 5.20. The third-order valence-electron chi connectivity index (χ3n) is 7.64. The number of ketones is 1. The molecule has 1 N–H and O–H groups in total. The molecule has 0 radical (unpaired) electrons. The number of aliphatic hydroxyl groups is 1. The van der Waals surface area contributed by atoms with Gasteiger partial charge in [-0.25, -0.2) is 4.39 Å². The minimum Gasteiger partial charge on any atom is -0.507 e. The molecule has 0 saturated carbocycles. The Kier molecular flexibility index (Phi) is 9.28. The molecule has 1 aliphatic rings. The van der Waals surface area contributed by atoms with Crippen LogP contribution in [0.3, 0.4) is 0 Å². The molecule has 10 heteroatoms. The van der Waals surface area contributed by atoms with Crippen LogP contribution in [0.5, 0.6) is 5.75 Å². The van der Waals surface area contributed by atoms with Gasteiger partial charge in [-0.2, -0.15) is 0 Å². The largest absolute Gasteiger partial charge is 0.507 e. The van der Waals surface area contributed by atoms with Gasteiger partial charge in [0.05, 0.1) is 11.6 Å². The molecule has 6 rings (SSSR count). The Hall–Kier alpha value is -4.80. The van der Waals surface area contributed by atoms with E-state index in [1.54, 1.807) is 36.4 Å². The zero-order chi connectivity index (χ0) is 32.2. The lowest BCUT2D eigenvalue weighted by atomic mass is 9.94. The Morgan fingerprint density at radius 3 is 2.35 bits per heavy atom. The molecule has 1 aliphatic heterocycles. The number of aryl methyl sites for hydroxylation is 2. The van der Waals surface area contributed by atoms with Crippen LogP contribution in [0.2, 0.25) is 0 Å². The topological polar surface area (TPSA) is 92.6 Å². The SMILES string of the molecule is CCc1ccc(C2/C(=C(\O)c3ccc(OCc4cccc(C)c4)cc3)C(=O)C(=O)N2c2nnc(SCc3ccc(F)cc3)s2)cc1. The average molecular weight is 652 g/mol. The van der Waals surface area contributed by atoms with Gasteiger partial charge < -0.3 is 9.84 Å². The lowest BCUT2D eigenvalue weighted by Crippen LogP contribution is -2.29. The molecule has 46 heavy (non-hydrogen) atoms. The Morgan fingerprint density at radius 2 is 1.65 bits per heavy atom. The van der Waals surface area contributed by atoms with Gasteiger partial charge in [0.2, 0.25) is 5.13 Å². The zero-order valence-electron chi connectivity index (χ0n) is 25.1. The Balaban J connectivity index is 1.30. The summed E-state index contributed by atoms with van der Waals surface area (Å²) in [5.74, 6) is -1.07. The number of amides is 1. The van der Waals surface area contributed by atoms with Gasteiger partial charge in [0.25, 0.3) is 5.78 Å². The Morgan fingerprint density at radius 1 is 0.935 bits per heavy atom. The first-order valence-electron chi connectivity index (χ1n) is 14.7. The number of halogens is 1. The van der Waals surface area contributed by atoms with Crippen LogP contribution >= 0.6 is 23.1 Å². The minimum atomic E-state index is -0.911. The highest BCUT2D eigenvalue weighted by Crippen LogP contribution is 2.44. The first-order chi connectivity index (χ1) is 22.3. The van der Waals surface area contributed by atoms with E-state index in [4.69, 9.17) is 4.74 Å². The van der Waals surface area contributed by atoms with Gasteiger partial charge in [-0.3, -0.25) is 14.5 Å². The molecule has 0 spiro atoms. The van der Waals surface area contributed by atoms with Crippen LogP contribution in [0, 0.1) is 12.7 Å². The molecule has 1 fully saturated rings. The van der Waals surface area contributed by atoms with Gasteiger partial charge >= 0.3 is 5.91 Å². The fraction of sp³-hybridized carbons (Fsp3) is 0.167. The summed E-state index contributed by atoms with van der Waals surface area (Å²) in [6.07, 6.45) is 0.823. The van der Waals surface area contributed by atoms with E-state index >= 15 is 0 Å². The molecule has 5 aromatic rings. The van der Waals surface area contributed by atoms with E-state index in [9.17, 15) is 19.1 Å². The molecule has 1 aromatic heterocycles.